The maximum absolute atomic E-state index is 13.0. The number of hydrogen-bond donors (Lipinski definition) is 2. The van der Waals surface area contributed by atoms with Gasteiger partial charge in [-0.3, -0.25) is 4.79 Å². The molecule has 1 aliphatic heterocycles. The summed E-state index contributed by atoms with van der Waals surface area (Å²) in [6.45, 7) is 4.62. The largest absolute Gasteiger partial charge is 0.486 e. The van der Waals surface area contributed by atoms with Crippen LogP contribution >= 0.6 is 0 Å². The highest BCUT2D eigenvalue weighted by molar-refractivity contribution is 7.89. The van der Waals surface area contributed by atoms with Crippen LogP contribution in [0.3, 0.4) is 0 Å². The maximum Gasteiger partial charge on any atom is 0.252 e. The first-order valence-electron chi connectivity index (χ1n) is 10.2. The topological polar surface area (TPSA) is 107 Å². The number of hydrogen-bond acceptors (Lipinski definition) is 6. The number of sulfonamides is 1. The molecule has 0 bridgehead atoms. The molecule has 1 aliphatic rings. The van der Waals surface area contributed by atoms with E-state index < -0.39 is 10.0 Å². The molecule has 2 heterocycles. The van der Waals surface area contributed by atoms with Gasteiger partial charge < -0.3 is 19.2 Å². The van der Waals surface area contributed by atoms with Gasteiger partial charge in [-0.1, -0.05) is 12.1 Å². The van der Waals surface area contributed by atoms with E-state index in [1.165, 1.54) is 18.4 Å². The van der Waals surface area contributed by atoms with Crippen LogP contribution in [0.15, 0.2) is 64.1 Å². The van der Waals surface area contributed by atoms with Gasteiger partial charge in [0.2, 0.25) is 10.0 Å². The minimum atomic E-state index is -3.82. The second-order valence-electron chi connectivity index (χ2n) is 7.48. The van der Waals surface area contributed by atoms with Gasteiger partial charge in [-0.2, -0.15) is 0 Å². The lowest BCUT2D eigenvalue weighted by molar-refractivity contribution is 0.0939. The number of rotatable bonds is 7. The number of carbonyl (C=O) groups is 1. The summed E-state index contributed by atoms with van der Waals surface area (Å²) < 4.78 is 44.1. The second kappa shape index (κ2) is 9.05. The number of benzene rings is 2. The van der Waals surface area contributed by atoms with E-state index in [0.29, 0.717) is 36.0 Å². The summed E-state index contributed by atoms with van der Waals surface area (Å²) in [7, 11) is -3.82. The summed E-state index contributed by atoms with van der Waals surface area (Å²) in [4.78, 5) is 13.0. The normalized spacial score (nSPS) is 14.1. The molecule has 0 spiro atoms. The fourth-order valence-corrected chi connectivity index (χ4v) is 4.38. The first-order chi connectivity index (χ1) is 15.3. The fourth-order valence-electron chi connectivity index (χ4n) is 3.36. The molecule has 8 nitrogen and oxygen atoms in total. The molecule has 0 unspecified atom stereocenters. The van der Waals surface area contributed by atoms with Gasteiger partial charge in [-0.05, 0) is 61.4 Å². The van der Waals surface area contributed by atoms with Gasteiger partial charge in [0.1, 0.15) is 19.0 Å². The van der Waals surface area contributed by atoms with Gasteiger partial charge in [0.05, 0.1) is 23.7 Å². The minimum Gasteiger partial charge on any atom is -0.486 e. The van der Waals surface area contributed by atoms with Crippen LogP contribution in [0, 0.1) is 6.92 Å². The van der Waals surface area contributed by atoms with Crippen LogP contribution in [0.2, 0.25) is 0 Å². The van der Waals surface area contributed by atoms with Crippen molar-refractivity contribution in [2.45, 2.75) is 31.3 Å². The van der Waals surface area contributed by atoms with Crippen LogP contribution in [0.4, 0.5) is 0 Å². The lowest BCUT2D eigenvalue weighted by atomic mass is 10.0. The predicted molar refractivity (Wildman–Crippen MR) is 117 cm³/mol. The van der Waals surface area contributed by atoms with Crippen molar-refractivity contribution in [1.82, 2.24) is 10.0 Å². The van der Waals surface area contributed by atoms with Crippen LogP contribution in [-0.2, 0) is 16.6 Å². The summed E-state index contributed by atoms with van der Waals surface area (Å²) >= 11 is 0. The Morgan fingerprint density at radius 3 is 2.59 bits per heavy atom. The van der Waals surface area contributed by atoms with E-state index in [1.807, 2.05) is 25.1 Å². The van der Waals surface area contributed by atoms with E-state index in [4.69, 9.17) is 13.9 Å². The van der Waals surface area contributed by atoms with Crippen molar-refractivity contribution in [1.29, 1.82) is 0 Å². The van der Waals surface area contributed by atoms with E-state index in [0.717, 1.165) is 5.56 Å². The van der Waals surface area contributed by atoms with Crippen LogP contribution in [0.25, 0.3) is 0 Å². The zero-order valence-electron chi connectivity index (χ0n) is 17.8. The Morgan fingerprint density at radius 1 is 1.06 bits per heavy atom. The van der Waals surface area contributed by atoms with Crippen molar-refractivity contribution in [3.8, 4) is 11.5 Å². The molecule has 2 N–H and O–H groups in total. The van der Waals surface area contributed by atoms with Crippen molar-refractivity contribution in [3.63, 3.8) is 0 Å². The lowest BCUT2D eigenvalue weighted by Crippen LogP contribution is -2.28. The van der Waals surface area contributed by atoms with Crippen LogP contribution in [0.1, 0.15) is 40.2 Å². The molecule has 32 heavy (non-hydrogen) atoms. The molecule has 0 aliphatic carbocycles. The molecule has 1 aromatic heterocycles. The summed E-state index contributed by atoms with van der Waals surface area (Å²) in [5.74, 6) is 1.44. The van der Waals surface area contributed by atoms with E-state index in [2.05, 4.69) is 10.0 Å². The van der Waals surface area contributed by atoms with Crippen LogP contribution in [-0.4, -0.2) is 27.5 Å². The number of carbonyl (C=O) groups excluding carboxylic acids is 1. The quantitative estimate of drug-likeness (QED) is 0.565. The highest BCUT2D eigenvalue weighted by atomic mass is 32.2. The Hall–Kier alpha value is -3.30. The second-order valence-corrected chi connectivity index (χ2v) is 9.25. The van der Waals surface area contributed by atoms with Crippen molar-refractivity contribution in [2.75, 3.05) is 13.2 Å². The van der Waals surface area contributed by atoms with Gasteiger partial charge in [0.15, 0.2) is 11.5 Å². The minimum absolute atomic E-state index is 0.00629. The van der Waals surface area contributed by atoms with Crippen molar-refractivity contribution >= 4 is 15.9 Å². The number of fused-ring (bicyclic) bond motifs is 1. The molecule has 9 heteroatoms. The zero-order chi connectivity index (χ0) is 22.7. The summed E-state index contributed by atoms with van der Waals surface area (Å²) in [5, 5.41) is 2.93. The van der Waals surface area contributed by atoms with Crippen LogP contribution < -0.4 is 19.5 Å². The third-order valence-corrected chi connectivity index (χ3v) is 6.59. The van der Waals surface area contributed by atoms with E-state index in [1.54, 1.807) is 25.1 Å². The molecule has 168 valence electrons. The van der Waals surface area contributed by atoms with Gasteiger partial charge in [0.25, 0.3) is 5.91 Å². The molecule has 1 amide bonds. The fraction of sp³-hybridized carbons (Fsp3) is 0.261. The Labute approximate surface area is 186 Å². The highest BCUT2D eigenvalue weighted by Crippen LogP contribution is 2.32. The Balaban J connectivity index is 1.49. The molecule has 0 saturated heterocycles. The number of amides is 1. The molecule has 3 aromatic rings. The first-order valence-corrected chi connectivity index (χ1v) is 11.6. The molecule has 2 aromatic carbocycles. The van der Waals surface area contributed by atoms with Crippen LogP contribution in [0.5, 0.6) is 11.5 Å². The Morgan fingerprint density at radius 2 is 1.84 bits per heavy atom. The smallest absolute Gasteiger partial charge is 0.252 e. The van der Waals surface area contributed by atoms with Gasteiger partial charge in [0, 0.05) is 5.56 Å². The molecule has 1 atom stereocenters. The predicted octanol–water partition coefficient (Wildman–Crippen LogP) is 3.33. The molecule has 0 radical (unpaired) electrons. The molecule has 0 fully saturated rings. The Kier molecular flexibility index (Phi) is 6.20. The van der Waals surface area contributed by atoms with E-state index in [9.17, 15) is 13.2 Å². The standard InChI is InChI=1S/C23H24N2O6S/c1-15-5-7-19(32(27,28)24-14-18-4-3-9-29-18)13-20(15)23(26)25-16(2)17-6-8-21-22(12-17)31-11-10-30-21/h3-9,12-13,16,24H,10-11,14H2,1-2H3,(H,25,26)/t16-/m1/s1. The number of aryl methyl sites for hydroxylation is 1. The van der Waals surface area contributed by atoms with Gasteiger partial charge in [-0.25, -0.2) is 13.1 Å². The number of nitrogens with one attached hydrogen (secondary N) is 2. The monoisotopic (exact) mass is 456 g/mol. The average Bonchev–Trinajstić information content (AvgIpc) is 3.31. The molecule has 4 rings (SSSR count). The van der Waals surface area contributed by atoms with Gasteiger partial charge >= 0.3 is 0 Å². The highest BCUT2D eigenvalue weighted by Gasteiger charge is 2.21. The Bertz CT molecular complexity index is 1220. The van der Waals surface area contributed by atoms with E-state index >= 15 is 0 Å². The van der Waals surface area contributed by atoms with Crippen molar-refractivity contribution < 1.29 is 27.1 Å². The first kappa shape index (κ1) is 21.9. The molecule has 0 saturated carbocycles. The average molecular weight is 457 g/mol. The SMILES string of the molecule is Cc1ccc(S(=O)(=O)NCc2ccco2)cc1C(=O)N[C@H](C)c1ccc2c(c1)OCCO2. The van der Waals surface area contributed by atoms with E-state index in [-0.39, 0.29) is 29.0 Å². The summed E-state index contributed by atoms with van der Waals surface area (Å²) in [5.41, 5.74) is 1.81. The molecular weight excluding hydrogens is 432 g/mol. The summed E-state index contributed by atoms with van der Waals surface area (Å²) in [6, 6.07) is 13.0. The molecular formula is C23H24N2O6S. The third kappa shape index (κ3) is 4.79. The zero-order valence-corrected chi connectivity index (χ0v) is 18.6. The number of ether oxygens (including phenoxy) is 2. The third-order valence-electron chi connectivity index (χ3n) is 5.19. The summed E-state index contributed by atoms with van der Waals surface area (Å²) in [6.07, 6.45) is 1.47. The maximum atomic E-state index is 13.0. The van der Waals surface area contributed by atoms with Crippen molar-refractivity contribution in [2.24, 2.45) is 0 Å². The van der Waals surface area contributed by atoms with Crippen molar-refractivity contribution in [3.05, 3.63) is 77.2 Å². The lowest BCUT2D eigenvalue weighted by Gasteiger charge is -2.21. The number of furan rings is 1. The van der Waals surface area contributed by atoms with Gasteiger partial charge in [-0.15, -0.1) is 0 Å².